The Morgan fingerprint density at radius 1 is 0.370 bits per heavy atom. The molecule has 0 unspecified atom stereocenters. The van der Waals surface area contributed by atoms with Crippen LogP contribution in [-0.4, -0.2) is 9.97 Å². The third-order valence-electron chi connectivity index (χ3n) is 14.7. The quantitative estimate of drug-likeness (QED) is 0.151. The average Bonchev–Trinajstić information content (AvgIpc) is 4.23. The molecule has 6 nitrogen and oxygen atoms in total. The minimum absolute atomic E-state index is 0.127. The highest BCUT2D eigenvalue weighted by Gasteiger charge is 2.55. The Hall–Kier alpha value is -9.40. The molecule has 0 bridgehead atoms. The molecule has 14 rings (SSSR count). The molecule has 0 aliphatic heterocycles. The van der Waals surface area contributed by atoms with Crippen LogP contribution in [0.2, 0.25) is 0 Å². The zero-order valence-corrected chi connectivity index (χ0v) is 39.6. The Balaban J connectivity index is 1.21. The predicted molar refractivity (Wildman–Crippen MR) is 288 cm³/mol. The van der Waals surface area contributed by atoms with E-state index in [1.54, 1.807) is 36.4 Å². The van der Waals surface area contributed by atoms with Crippen LogP contribution in [-0.2, 0) is 5.41 Å². The van der Waals surface area contributed by atoms with Gasteiger partial charge in [-0.15, -0.1) is 0 Å². The molecule has 2 aliphatic rings. The molecular formula is C65H42F2N4O2. The number of rotatable bonds is 8. The van der Waals surface area contributed by atoms with Crippen molar-refractivity contribution in [2.45, 2.75) is 19.3 Å². The Morgan fingerprint density at radius 2 is 0.726 bits per heavy atom. The number of para-hydroxylation sites is 4. The number of oxazole rings is 2. The molecule has 1 spiro atoms. The Morgan fingerprint density at radius 3 is 1.14 bits per heavy atom. The number of aryl methyl sites for hydroxylation is 2. The van der Waals surface area contributed by atoms with Crippen molar-refractivity contribution in [2.75, 3.05) is 9.80 Å². The number of halogens is 2. The summed E-state index contributed by atoms with van der Waals surface area (Å²) in [5.74, 6) is -0.670. The van der Waals surface area contributed by atoms with Gasteiger partial charge in [0.1, 0.15) is 22.7 Å². The van der Waals surface area contributed by atoms with E-state index in [0.29, 0.717) is 22.2 Å². The largest absolute Gasteiger partial charge is 0.435 e. The van der Waals surface area contributed by atoms with Gasteiger partial charge >= 0.3 is 0 Å². The first-order valence-corrected chi connectivity index (χ1v) is 24.4. The van der Waals surface area contributed by atoms with Crippen molar-refractivity contribution in [3.63, 3.8) is 0 Å². The lowest BCUT2D eigenvalue weighted by Gasteiger charge is -2.33. The fourth-order valence-corrected chi connectivity index (χ4v) is 11.6. The summed E-state index contributed by atoms with van der Waals surface area (Å²) in [5.41, 5.74) is 16.2. The van der Waals surface area contributed by atoms with Crippen molar-refractivity contribution in [3.8, 4) is 45.2 Å². The second-order valence-electron chi connectivity index (χ2n) is 18.7. The summed E-state index contributed by atoms with van der Waals surface area (Å²) in [4.78, 5) is 15.1. The van der Waals surface area contributed by atoms with Gasteiger partial charge in [0.25, 0.3) is 0 Å². The number of nitrogens with zero attached hydrogens (tertiary/aromatic N) is 4. The average molecular weight is 949 g/mol. The van der Waals surface area contributed by atoms with E-state index in [2.05, 4.69) is 133 Å². The van der Waals surface area contributed by atoms with Crippen LogP contribution in [0, 0.1) is 25.5 Å². The molecule has 0 radical (unpaired) electrons. The molecule has 73 heavy (non-hydrogen) atoms. The summed E-state index contributed by atoms with van der Waals surface area (Å²) >= 11 is 0. The Bertz CT molecular complexity index is 3910. The summed E-state index contributed by atoms with van der Waals surface area (Å²) < 4.78 is 46.8. The number of benzene rings is 10. The van der Waals surface area contributed by atoms with E-state index in [1.165, 1.54) is 12.1 Å². The zero-order chi connectivity index (χ0) is 49.0. The summed E-state index contributed by atoms with van der Waals surface area (Å²) in [7, 11) is 0. The van der Waals surface area contributed by atoms with E-state index in [4.69, 9.17) is 18.8 Å². The number of hydrogen-bond acceptors (Lipinski definition) is 6. The molecule has 12 aromatic rings. The summed E-state index contributed by atoms with van der Waals surface area (Å²) in [6, 6.07) is 72.0. The first-order chi connectivity index (χ1) is 35.9. The van der Waals surface area contributed by atoms with Crippen molar-refractivity contribution in [1.82, 2.24) is 9.97 Å². The van der Waals surface area contributed by atoms with E-state index >= 15 is 8.78 Å². The summed E-state index contributed by atoms with van der Waals surface area (Å²) in [5, 5.41) is 0. The summed E-state index contributed by atoms with van der Waals surface area (Å²) in [6.07, 6.45) is 0. The van der Waals surface area contributed by atoms with E-state index < -0.39 is 17.0 Å². The van der Waals surface area contributed by atoms with Crippen molar-refractivity contribution in [2.24, 2.45) is 0 Å². The normalized spacial score (nSPS) is 12.8. The molecule has 8 heteroatoms. The minimum atomic E-state index is -1.01. The molecule has 0 saturated carbocycles. The predicted octanol–water partition coefficient (Wildman–Crippen LogP) is 17.5. The van der Waals surface area contributed by atoms with Crippen LogP contribution in [0.25, 0.3) is 67.4 Å². The maximum atomic E-state index is 16.2. The van der Waals surface area contributed by atoms with Gasteiger partial charge in [0.2, 0.25) is 11.8 Å². The Kier molecular flexibility index (Phi) is 9.50. The molecule has 0 amide bonds. The SMILES string of the molecule is Cc1ccccc1N(c1ccccc1)c1cc2c(c3oc(-c4ccccc4F)nc13)-c1c(cc(N(c3ccccc3)c3ccccc3C)c3nc(-c4ccccc4F)oc13)C21c2ccccc2-c2ccccc21. The monoisotopic (exact) mass is 948 g/mol. The molecule has 2 aromatic heterocycles. The van der Waals surface area contributed by atoms with Gasteiger partial charge in [0.15, 0.2) is 11.2 Å². The minimum Gasteiger partial charge on any atom is -0.435 e. The van der Waals surface area contributed by atoms with E-state index in [0.717, 1.165) is 89.8 Å². The second-order valence-corrected chi connectivity index (χ2v) is 18.7. The van der Waals surface area contributed by atoms with E-state index in [-0.39, 0.29) is 22.9 Å². The van der Waals surface area contributed by atoms with Crippen LogP contribution in [0.5, 0.6) is 0 Å². The Labute approximate surface area is 419 Å². The van der Waals surface area contributed by atoms with Gasteiger partial charge in [0.05, 0.1) is 27.9 Å². The van der Waals surface area contributed by atoms with Crippen LogP contribution in [0.3, 0.4) is 0 Å². The first-order valence-electron chi connectivity index (χ1n) is 24.4. The fraction of sp³-hybridized carbons (Fsp3) is 0.0462. The number of aromatic nitrogens is 2. The smallest absolute Gasteiger partial charge is 0.230 e. The lowest BCUT2D eigenvalue weighted by atomic mass is 9.70. The molecule has 0 atom stereocenters. The first kappa shape index (κ1) is 42.5. The molecule has 348 valence electrons. The number of fused-ring (bicyclic) bond motifs is 14. The lowest BCUT2D eigenvalue weighted by molar-refractivity contribution is 0.591. The zero-order valence-electron chi connectivity index (χ0n) is 39.6. The topological polar surface area (TPSA) is 58.5 Å². The van der Waals surface area contributed by atoms with Crippen LogP contribution in [0.1, 0.15) is 33.4 Å². The van der Waals surface area contributed by atoms with E-state index in [1.807, 2.05) is 60.7 Å². The van der Waals surface area contributed by atoms with Crippen molar-refractivity contribution in [3.05, 3.63) is 263 Å². The third-order valence-corrected chi connectivity index (χ3v) is 14.7. The van der Waals surface area contributed by atoms with Gasteiger partial charge in [-0.3, -0.25) is 0 Å². The van der Waals surface area contributed by atoms with Crippen molar-refractivity contribution >= 4 is 56.3 Å². The maximum absolute atomic E-state index is 16.2. The van der Waals surface area contributed by atoms with Crippen molar-refractivity contribution in [1.29, 1.82) is 0 Å². The molecule has 2 aliphatic carbocycles. The van der Waals surface area contributed by atoms with Gasteiger partial charge in [-0.05, 0) is 131 Å². The molecule has 2 heterocycles. The van der Waals surface area contributed by atoms with Gasteiger partial charge in [-0.25, -0.2) is 18.7 Å². The van der Waals surface area contributed by atoms with Crippen molar-refractivity contribution < 1.29 is 17.6 Å². The fourth-order valence-electron chi connectivity index (χ4n) is 11.6. The molecular weight excluding hydrogens is 907 g/mol. The van der Waals surface area contributed by atoms with E-state index in [9.17, 15) is 0 Å². The van der Waals surface area contributed by atoms with Crippen LogP contribution >= 0.6 is 0 Å². The number of hydrogen-bond donors (Lipinski definition) is 0. The molecule has 0 fully saturated rings. The maximum Gasteiger partial charge on any atom is 0.230 e. The number of anilines is 6. The molecule has 0 saturated heterocycles. The molecule has 0 N–H and O–H groups in total. The highest BCUT2D eigenvalue weighted by Crippen LogP contribution is 2.67. The van der Waals surface area contributed by atoms with Gasteiger partial charge in [-0.2, -0.15) is 0 Å². The summed E-state index contributed by atoms with van der Waals surface area (Å²) in [6.45, 7) is 4.21. The highest BCUT2D eigenvalue weighted by molar-refractivity contribution is 6.16. The lowest BCUT2D eigenvalue weighted by Crippen LogP contribution is -2.27. The van der Waals surface area contributed by atoms with Crippen LogP contribution < -0.4 is 9.80 Å². The second kappa shape index (κ2) is 16.3. The standard InChI is InChI=1S/C65H42F2N4O2/c1-39-21-9-19-35-53(39)70(41-23-5-3-6-24-41)55-37-49-57(61-59(55)68-63(72-61)45-29-13-17-33-51(45)66)58-50(65(49)47-31-15-11-27-43(47)44-28-12-16-32-48(44)65)38-56(60-62(58)73-64(69-60)46-30-14-18-34-52(46)67)71(42-25-7-4-8-26-42)54-36-20-10-22-40(54)2/h3-38H,1-2H3. The third kappa shape index (κ3) is 6.20. The highest BCUT2D eigenvalue weighted by atomic mass is 19.1. The van der Waals surface area contributed by atoms with Crippen LogP contribution in [0.4, 0.5) is 42.9 Å². The van der Waals surface area contributed by atoms with Gasteiger partial charge in [0, 0.05) is 33.9 Å². The van der Waals surface area contributed by atoms with Crippen LogP contribution in [0.15, 0.2) is 227 Å². The van der Waals surface area contributed by atoms with Gasteiger partial charge < -0.3 is 18.6 Å². The molecule has 10 aromatic carbocycles. The van der Waals surface area contributed by atoms with Gasteiger partial charge in [-0.1, -0.05) is 146 Å².